The lowest BCUT2D eigenvalue weighted by Crippen LogP contribution is -2.25. The maximum Gasteiger partial charge on any atom is 0.123 e. The Labute approximate surface area is 115 Å². The summed E-state index contributed by atoms with van der Waals surface area (Å²) < 4.78 is 13.4. The van der Waals surface area contributed by atoms with Crippen LogP contribution in [0.3, 0.4) is 0 Å². The van der Waals surface area contributed by atoms with Gasteiger partial charge in [-0.25, -0.2) is 4.39 Å². The summed E-state index contributed by atoms with van der Waals surface area (Å²) in [6, 6.07) is 5.36. The minimum Gasteiger partial charge on any atom is -0.310 e. The van der Waals surface area contributed by atoms with Crippen molar-refractivity contribution in [3.63, 3.8) is 0 Å². The Balaban J connectivity index is 2.83. The molecule has 0 amide bonds. The average molecular weight is 269 g/mol. The third-order valence-corrected chi connectivity index (χ3v) is 4.11. The molecule has 0 aromatic heterocycles. The molecule has 0 aliphatic rings. The summed E-state index contributed by atoms with van der Waals surface area (Å²) >= 11 is 1.93. The van der Waals surface area contributed by atoms with Crippen molar-refractivity contribution in [1.82, 2.24) is 5.32 Å². The minimum atomic E-state index is -0.157. The predicted octanol–water partition coefficient (Wildman–Crippen LogP) is 4.32. The van der Waals surface area contributed by atoms with Gasteiger partial charge in [0, 0.05) is 16.5 Å². The van der Waals surface area contributed by atoms with Gasteiger partial charge in [0.1, 0.15) is 5.82 Å². The number of nitrogens with one attached hydrogen (secondary N) is 1. The number of thioether (sulfide) groups is 1. The van der Waals surface area contributed by atoms with Crippen LogP contribution in [0.15, 0.2) is 18.2 Å². The Morgan fingerprint density at radius 1 is 1.33 bits per heavy atom. The van der Waals surface area contributed by atoms with Crippen LogP contribution < -0.4 is 5.32 Å². The first kappa shape index (κ1) is 15.5. The second kappa shape index (κ2) is 6.58. The molecule has 0 spiro atoms. The number of benzene rings is 1. The van der Waals surface area contributed by atoms with Crippen molar-refractivity contribution in [2.75, 3.05) is 12.3 Å². The van der Waals surface area contributed by atoms with Crippen molar-refractivity contribution in [2.24, 2.45) is 0 Å². The normalized spacial score (nSPS) is 13.7. The molecule has 1 aromatic rings. The zero-order chi connectivity index (χ0) is 13.8. The van der Waals surface area contributed by atoms with Crippen molar-refractivity contribution < 1.29 is 4.39 Å². The van der Waals surface area contributed by atoms with Crippen molar-refractivity contribution in [2.45, 2.75) is 45.4 Å². The average Bonchev–Trinajstić information content (AvgIpc) is 2.24. The Morgan fingerprint density at radius 3 is 2.50 bits per heavy atom. The maximum atomic E-state index is 13.1. The van der Waals surface area contributed by atoms with E-state index < -0.39 is 0 Å². The number of hydrogen-bond acceptors (Lipinski definition) is 2. The quantitative estimate of drug-likeness (QED) is 0.854. The topological polar surface area (TPSA) is 12.0 Å². The van der Waals surface area contributed by atoms with Crippen LogP contribution in [0.2, 0.25) is 0 Å². The number of aryl methyl sites for hydroxylation is 1. The Bertz CT molecular complexity index is 385. The first-order valence-corrected chi connectivity index (χ1v) is 7.45. The monoisotopic (exact) mass is 269 g/mol. The summed E-state index contributed by atoms with van der Waals surface area (Å²) in [6.07, 6.45) is 0. The molecule has 0 saturated carbocycles. The Morgan fingerprint density at radius 2 is 2.00 bits per heavy atom. The van der Waals surface area contributed by atoms with Gasteiger partial charge in [0.05, 0.1) is 0 Å². The van der Waals surface area contributed by atoms with Crippen LogP contribution in [0, 0.1) is 12.7 Å². The van der Waals surface area contributed by atoms with E-state index in [-0.39, 0.29) is 10.6 Å². The Kier molecular flexibility index (Phi) is 5.67. The van der Waals surface area contributed by atoms with Gasteiger partial charge >= 0.3 is 0 Å². The van der Waals surface area contributed by atoms with Crippen molar-refractivity contribution in [3.05, 3.63) is 35.1 Å². The highest BCUT2D eigenvalue weighted by Crippen LogP contribution is 2.29. The first-order chi connectivity index (χ1) is 8.33. The highest BCUT2D eigenvalue weighted by molar-refractivity contribution is 8.00. The molecule has 0 aliphatic carbocycles. The fraction of sp³-hybridized carbons (Fsp3) is 0.600. The van der Waals surface area contributed by atoms with Crippen LogP contribution in [0.25, 0.3) is 0 Å². The molecule has 1 N–H and O–H groups in total. The van der Waals surface area contributed by atoms with Crippen LogP contribution >= 0.6 is 11.8 Å². The van der Waals surface area contributed by atoms with Crippen LogP contribution in [0.1, 0.15) is 44.9 Å². The molecule has 1 nitrogen and oxygen atoms in total. The summed E-state index contributed by atoms with van der Waals surface area (Å²) in [5.74, 6) is 0.846. The highest BCUT2D eigenvalue weighted by atomic mass is 32.2. The molecule has 102 valence electrons. The first-order valence-electron chi connectivity index (χ1n) is 6.47. The summed E-state index contributed by atoms with van der Waals surface area (Å²) in [6.45, 7) is 11.7. The summed E-state index contributed by atoms with van der Waals surface area (Å²) in [7, 11) is 0. The third-order valence-electron chi connectivity index (χ3n) is 2.74. The number of halogens is 1. The number of rotatable bonds is 5. The van der Waals surface area contributed by atoms with E-state index in [9.17, 15) is 4.39 Å². The lowest BCUT2D eigenvalue weighted by Gasteiger charge is -2.25. The van der Waals surface area contributed by atoms with Crippen LogP contribution in [-0.2, 0) is 0 Å². The van der Waals surface area contributed by atoms with Gasteiger partial charge in [0.25, 0.3) is 0 Å². The fourth-order valence-corrected chi connectivity index (χ4v) is 2.83. The molecule has 1 unspecified atom stereocenters. The van der Waals surface area contributed by atoms with Gasteiger partial charge in [-0.1, -0.05) is 33.8 Å². The highest BCUT2D eigenvalue weighted by Gasteiger charge is 2.18. The molecule has 0 aliphatic heterocycles. The predicted molar refractivity (Wildman–Crippen MR) is 79.8 cm³/mol. The van der Waals surface area contributed by atoms with E-state index in [0.717, 1.165) is 17.9 Å². The van der Waals surface area contributed by atoms with E-state index in [4.69, 9.17) is 0 Å². The van der Waals surface area contributed by atoms with Crippen LogP contribution in [0.5, 0.6) is 0 Å². The van der Waals surface area contributed by atoms with E-state index in [2.05, 4.69) is 33.0 Å². The standard InChI is InChI=1S/C15H24FNS/c1-6-17-14(10-18-15(3,4)5)13-8-7-12(16)9-11(13)2/h7-9,14,17H,6,10H2,1-5H3. The van der Waals surface area contributed by atoms with Gasteiger partial charge in [-0.05, 0) is 36.7 Å². The molecular formula is C15H24FNS. The molecule has 18 heavy (non-hydrogen) atoms. The molecule has 0 fully saturated rings. The van der Waals surface area contributed by atoms with Crippen LogP contribution in [0.4, 0.5) is 4.39 Å². The molecular weight excluding hydrogens is 245 g/mol. The second-order valence-electron chi connectivity index (χ2n) is 5.53. The largest absolute Gasteiger partial charge is 0.310 e. The smallest absolute Gasteiger partial charge is 0.123 e. The van der Waals surface area contributed by atoms with Gasteiger partial charge in [-0.2, -0.15) is 11.8 Å². The van der Waals surface area contributed by atoms with E-state index in [1.54, 1.807) is 12.1 Å². The van der Waals surface area contributed by atoms with Gasteiger partial charge in [-0.3, -0.25) is 0 Å². The SMILES string of the molecule is CCNC(CSC(C)(C)C)c1ccc(F)cc1C. The summed E-state index contributed by atoms with van der Waals surface area (Å²) in [5, 5.41) is 3.49. The molecule has 3 heteroatoms. The maximum absolute atomic E-state index is 13.1. The van der Waals surface area contributed by atoms with Gasteiger partial charge in [0.15, 0.2) is 0 Å². The minimum absolute atomic E-state index is 0.157. The molecule has 0 bridgehead atoms. The molecule has 0 radical (unpaired) electrons. The zero-order valence-electron chi connectivity index (χ0n) is 12.0. The fourth-order valence-electron chi connectivity index (χ4n) is 1.87. The lowest BCUT2D eigenvalue weighted by molar-refractivity contribution is 0.592. The summed E-state index contributed by atoms with van der Waals surface area (Å²) in [5.41, 5.74) is 2.23. The van der Waals surface area contributed by atoms with E-state index in [0.29, 0.717) is 6.04 Å². The van der Waals surface area contributed by atoms with Gasteiger partial charge in [0.2, 0.25) is 0 Å². The molecule has 0 saturated heterocycles. The number of hydrogen-bond donors (Lipinski definition) is 1. The van der Waals surface area contributed by atoms with Gasteiger partial charge in [-0.15, -0.1) is 0 Å². The second-order valence-corrected chi connectivity index (χ2v) is 7.38. The molecule has 0 heterocycles. The van der Waals surface area contributed by atoms with Crippen molar-refractivity contribution in [1.29, 1.82) is 0 Å². The zero-order valence-corrected chi connectivity index (χ0v) is 12.8. The van der Waals surface area contributed by atoms with Crippen molar-refractivity contribution >= 4 is 11.8 Å². The van der Waals surface area contributed by atoms with E-state index in [1.807, 2.05) is 24.8 Å². The molecule has 1 rings (SSSR count). The van der Waals surface area contributed by atoms with E-state index in [1.165, 1.54) is 5.56 Å². The lowest BCUT2D eigenvalue weighted by atomic mass is 10.0. The van der Waals surface area contributed by atoms with E-state index >= 15 is 0 Å². The molecule has 1 aromatic carbocycles. The molecule has 1 atom stereocenters. The van der Waals surface area contributed by atoms with Crippen LogP contribution in [-0.4, -0.2) is 17.0 Å². The summed E-state index contributed by atoms with van der Waals surface area (Å²) in [4.78, 5) is 0. The van der Waals surface area contributed by atoms with Gasteiger partial charge < -0.3 is 5.32 Å². The Hall–Kier alpha value is -0.540. The third kappa shape index (κ3) is 4.99. The van der Waals surface area contributed by atoms with Crippen molar-refractivity contribution in [3.8, 4) is 0 Å².